The summed E-state index contributed by atoms with van der Waals surface area (Å²) >= 11 is 0. The average Bonchev–Trinajstić information content (AvgIpc) is 2.98. The molecule has 0 aliphatic carbocycles. The number of hydrogen-bond acceptors (Lipinski definition) is 7. The van der Waals surface area contributed by atoms with Gasteiger partial charge in [0.2, 0.25) is 11.8 Å². The fourth-order valence-corrected chi connectivity index (χ4v) is 4.73. The number of morpholine rings is 2. The highest BCUT2D eigenvalue weighted by Gasteiger charge is 2.57. The van der Waals surface area contributed by atoms with Gasteiger partial charge in [0.1, 0.15) is 5.75 Å². The molecular formula is C23H33N3O5. The minimum atomic E-state index is -0.910. The topological polar surface area (TPSA) is 71.6 Å². The Kier molecular flexibility index (Phi) is 6.91. The molecule has 0 spiro atoms. The Hall–Kier alpha value is -2.00. The second-order valence-corrected chi connectivity index (χ2v) is 8.57. The van der Waals surface area contributed by atoms with Crippen LogP contribution in [0.3, 0.4) is 0 Å². The SMILES string of the molecule is CCOc1ccc([C@]2(C)C(=O)N(CN3CCOCC3)C(=O)[C@H]2CN2CCOCC2)cc1. The summed E-state index contributed by atoms with van der Waals surface area (Å²) in [5.74, 6) is 0.129. The lowest BCUT2D eigenvalue weighted by atomic mass is 9.73. The summed E-state index contributed by atoms with van der Waals surface area (Å²) in [6.07, 6.45) is 0. The Labute approximate surface area is 184 Å². The summed E-state index contributed by atoms with van der Waals surface area (Å²) in [5, 5.41) is 0. The maximum atomic E-state index is 13.7. The van der Waals surface area contributed by atoms with Crippen molar-refractivity contribution in [3.05, 3.63) is 29.8 Å². The molecular weight excluding hydrogens is 398 g/mol. The number of ether oxygens (including phenoxy) is 3. The summed E-state index contributed by atoms with van der Waals surface area (Å²) in [4.78, 5) is 33.2. The van der Waals surface area contributed by atoms with Crippen LogP contribution in [0.5, 0.6) is 5.75 Å². The van der Waals surface area contributed by atoms with E-state index in [1.165, 1.54) is 4.90 Å². The van der Waals surface area contributed by atoms with Gasteiger partial charge in [-0.3, -0.25) is 24.3 Å². The zero-order valence-electron chi connectivity index (χ0n) is 18.5. The van der Waals surface area contributed by atoms with Gasteiger partial charge in [-0.1, -0.05) is 12.1 Å². The number of hydrogen-bond donors (Lipinski definition) is 0. The predicted octanol–water partition coefficient (Wildman–Crippen LogP) is 0.950. The third-order valence-electron chi connectivity index (χ3n) is 6.71. The number of carbonyl (C=O) groups excluding carboxylic acids is 2. The minimum Gasteiger partial charge on any atom is -0.494 e. The van der Waals surface area contributed by atoms with Crippen molar-refractivity contribution in [2.75, 3.05) is 72.4 Å². The molecule has 0 N–H and O–H groups in total. The molecule has 0 aromatic heterocycles. The van der Waals surface area contributed by atoms with Crippen molar-refractivity contribution in [3.63, 3.8) is 0 Å². The summed E-state index contributed by atoms with van der Waals surface area (Å²) in [5.41, 5.74) is -0.0519. The quantitative estimate of drug-likeness (QED) is 0.596. The van der Waals surface area contributed by atoms with Gasteiger partial charge in [0, 0.05) is 32.7 Å². The molecule has 2 amide bonds. The number of likely N-dealkylation sites (tertiary alicyclic amines) is 1. The van der Waals surface area contributed by atoms with Gasteiger partial charge in [-0.2, -0.15) is 0 Å². The number of benzene rings is 1. The molecule has 3 fully saturated rings. The van der Waals surface area contributed by atoms with Gasteiger partial charge >= 0.3 is 0 Å². The van der Waals surface area contributed by atoms with Gasteiger partial charge < -0.3 is 14.2 Å². The lowest BCUT2D eigenvalue weighted by Gasteiger charge is -2.34. The summed E-state index contributed by atoms with van der Waals surface area (Å²) in [7, 11) is 0. The van der Waals surface area contributed by atoms with Crippen LogP contribution < -0.4 is 4.74 Å². The number of amides is 2. The number of imide groups is 1. The first-order valence-corrected chi connectivity index (χ1v) is 11.2. The van der Waals surface area contributed by atoms with E-state index in [-0.39, 0.29) is 11.8 Å². The maximum absolute atomic E-state index is 13.7. The first-order chi connectivity index (χ1) is 15.0. The van der Waals surface area contributed by atoms with Gasteiger partial charge in [-0.15, -0.1) is 0 Å². The molecule has 8 nitrogen and oxygen atoms in total. The van der Waals surface area contributed by atoms with E-state index >= 15 is 0 Å². The standard InChI is InChI=1S/C23H33N3O5/c1-3-31-19-6-4-18(5-7-19)23(2)20(16-24-8-12-29-13-9-24)21(27)26(22(23)28)17-25-10-14-30-15-11-25/h4-7,20H,3,8-17H2,1-2H3/t20-,23+/m1/s1. The zero-order valence-corrected chi connectivity index (χ0v) is 18.5. The molecule has 3 saturated heterocycles. The van der Waals surface area contributed by atoms with Crippen LogP contribution in [0, 0.1) is 5.92 Å². The molecule has 0 radical (unpaired) electrons. The molecule has 2 atom stereocenters. The molecule has 1 aromatic carbocycles. The second-order valence-electron chi connectivity index (χ2n) is 8.57. The van der Waals surface area contributed by atoms with E-state index in [0.717, 1.165) is 37.5 Å². The summed E-state index contributed by atoms with van der Waals surface area (Å²) in [6.45, 7) is 10.9. The fourth-order valence-electron chi connectivity index (χ4n) is 4.73. The lowest BCUT2D eigenvalue weighted by Crippen LogP contribution is -2.47. The van der Waals surface area contributed by atoms with E-state index < -0.39 is 11.3 Å². The molecule has 0 unspecified atom stereocenters. The molecule has 170 valence electrons. The van der Waals surface area contributed by atoms with Crippen LogP contribution in [0.15, 0.2) is 24.3 Å². The van der Waals surface area contributed by atoms with Crippen LogP contribution in [-0.2, 0) is 24.5 Å². The van der Waals surface area contributed by atoms with Crippen LogP contribution in [-0.4, -0.2) is 98.9 Å². The van der Waals surface area contributed by atoms with Gasteiger partial charge in [0.05, 0.1) is 51.0 Å². The Bertz CT molecular complexity index is 774. The van der Waals surface area contributed by atoms with E-state index in [9.17, 15) is 9.59 Å². The maximum Gasteiger partial charge on any atom is 0.241 e. The van der Waals surface area contributed by atoms with Crippen molar-refractivity contribution in [1.82, 2.24) is 14.7 Å². The highest BCUT2D eigenvalue weighted by atomic mass is 16.5. The Morgan fingerprint density at radius 1 is 0.968 bits per heavy atom. The molecule has 0 bridgehead atoms. The van der Waals surface area contributed by atoms with Crippen molar-refractivity contribution in [2.24, 2.45) is 5.92 Å². The minimum absolute atomic E-state index is 0.0839. The zero-order chi connectivity index (χ0) is 21.8. The Balaban J connectivity index is 1.62. The molecule has 31 heavy (non-hydrogen) atoms. The highest BCUT2D eigenvalue weighted by Crippen LogP contribution is 2.42. The Morgan fingerprint density at radius 3 is 2.13 bits per heavy atom. The van der Waals surface area contributed by atoms with Crippen molar-refractivity contribution in [2.45, 2.75) is 19.3 Å². The van der Waals surface area contributed by atoms with E-state index in [1.807, 2.05) is 38.1 Å². The molecule has 4 rings (SSSR count). The van der Waals surface area contributed by atoms with Gasteiger partial charge in [-0.05, 0) is 31.5 Å². The third kappa shape index (κ3) is 4.48. The van der Waals surface area contributed by atoms with Crippen molar-refractivity contribution >= 4 is 11.8 Å². The van der Waals surface area contributed by atoms with Crippen LogP contribution in [0.4, 0.5) is 0 Å². The molecule has 8 heteroatoms. The first kappa shape index (κ1) is 22.2. The van der Waals surface area contributed by atoms with Gasteiger partial charge in [-0.25, -0.2) is 0 Å². The third-order valence-corrected chi connectivity index (χ3v) is 6.71. The van der Waals surface area contributed by atoms with Crippen molar-refractivity contribution in [1.29, 1.82) is 0 Å². The molecule has 1 aromatic rings. The normalized spacial score (nSPS) is 28.3. The monoisotopic (exact) mass is 431 g/mol. The van der Waals surface area contributed by atoms with Crippen LogP contribution in [0.25, 0.3) is 0 Å². The lowest BCUT2D eigenvalue weighted by molar-refractivity contribution is -0.143. The van der Waals surface area contributed by atoms with Gasteiger partial charge in [0.15, 0.2) is 0 Å². The fraction of sp³-hybridized carbons (Fsp3) is 0.652. The smallest absolute Gasteiger partial charge is 0.241 e. The van der Waals surface area contributed by atoms with E-state index in [1.54, 1.807) is 0 Å². The Morgan fingerprint density at radius 2 is 1.55 bits per heavy atom. The number of carbonyl (C=O) groups is 2. The van der Waals surface area contributed by atoms with Gasteiger partial charge in [0.25, 0.3) is 0 Å². The largest absolute Gasteiger partial charge is 0.494 e. The van der Waals surface area contributed by atoms with Crippen molar-refractivity contribution in [3.8, 4) is 5.75 Å². The second kappa shape index (κ2) is 9.65. The van der Waals surface area contributed by atoms with E-state index in [4.69, 9.17) is 14.2 Å². The van der Waals surface area contributed by atoms with Crippen LogP contribution >= 0.6 is 0 Å². The van der Waals surface area contributed by atoms with E-state index in [2.05, 4.69) is 9.80 Å². The van der Waals surface area contributed by atoms with E-state index in [0.29, 0.717) is 46.2 Å². The summed E-state index contributed by atoms with van der Waals surface area (Å²) in [6, 6.07) is 7.64. The van der Waals surface area contributed by atoms with Crippen LogP contribution in [0.1, 0.15) is 19.4 Å². The number of nitrogens with zero attached hydrogens (tertiary/aromatic N) is 3. The first-order valence-electron chi connectivity index (χ1n) is 11.2. The van der Waals surface area contributed by atoms with Crippen molar-refractivity contribution < 1.29 is 23.8 Å². The summed E-state index contributed by atoms with van der Waals surface area (Å²) < 4.78 is 16.5. The molecule has 3 heterocycles. The van der Waals surface area contributed by atoms with Crippen LogP contribution in [0.2, 0.25) is 0 Å². The molecule has 3 aliphatic heterocycles. The number of rotatable bonds is 7. The highest BCUT2D eigenvalue weighted by molar-refractivity contribution is 6.10. The molecule has 3 aliphatic rings. The predicted molar refractivity (Wildman–Crippen MR) is 115 cm³/mol. The molecule has 0 saturated carbocycles. The average molecular weight is 432 g/mol.